The highest BCUT2D eigenvalue weighted by atomic mass is 16.6. The largest absolute Gasteiger partial charge is 0.484 e. The smallest absolute Gasteiger partial charge is 0.337 e. The number of esters is 1. The van der Waals surface area contributed by atoms with Gasteiger partial charge in [-0.15, -0.1) is 0 Å². The number of carbonyl (C=O) groups is 2. The van der Waals surface area contributed by atoms with Crippen molar-refractivity contribution >= 4 is 17.4 Å². The van der Waals surface area contributed by atoms with Gasteiger partial charge in [-0.2, -0.15) is 0 Å². The molecule has 1 unspecified atom stereocenters. The topological polar surface area (TPSA) is 95.7 Å². The average molecular weight is 327 g/mol. The zero-order valence-corrected chi connectivity index (χ0v) is 12.7. The second kappa shape index (κ2) is 6.11. The minimum atomic E-state index is -0.740. The van der Waals surface area contributed by atoms with E-state index in [0.717, 1.165) is 0 Å². The summed E-state index contributed by atoms with van der Waals surface area (Å²) < 4.78 is 10.4. The Labute approximate surface area is 137 Å². The van der Waals surface area contributed by atoms with Crippen LogP contribution in [0.15, 0.2) is 42.5 Å². The van der Waals surface area contributed by atoms with Crippen LogP contribution in [0.25, 0.3) is 0 Å². The normalized spacial score (nSPS) is 16.0. The van der Waals surface area contributed by atoms with Gasteiger partial charge in [-0.1, -0.05) is 12.1 Å². The van der Waals surface area contributed by atoms with Crippen molar-refractivity contribution in [1.82, 2.24) is 0 Å². The zero-order chi connectivity index (χ0) is 17.3. The van der Waals surface area contributed by atoms with E-state index >= 15 is 0 Å². The number of nitro groups is 1. The number of nitro benzene ring substituents is 1. The molecule has 1 atom stereocenters. The Morgan fingerprint density at radius 2 is 2.04 bits per heavy atom. The zero-order valence-electron chi connectivity index (χ0n) is 12.7. The van der Waals surface area contributed by atoms with Gasteiger partial charge in [0.15, 0.2) is 5.78 Å². The van der Waals surface area contributed by atoms with Gasteiger partial charge in [-0.3, -0.25) is 14.9 Å². The number of hydrogen-bond acceptors (Lipinski definition) is 6. The fraction of sp³-hybridized carbons (Fsp3) is 0.176. The standard InChI is InChI=1S/C17H13NO6/c1-23-17(20)10-6-7-15-12(8-10)14(19)9-16(24-15)11-4-2-3-5-13(11)18(21)22/h2-8,16H,9H2,1H3. The van der Waals surface area contributed by atoms with Crippen LogP contribution >= 0.6 is 0 Å². The molecular formula is C17H13NO6. The molecule has 0 saturated carbocycles. The van der Waals surface area contributed by atoms with Crippen LogP contribution in [0.2, 0.25) is 0 Å². The SMILES string of the molecule is COC(=O)c1ccc2c(c1)C(=O)CC(c1ccccc1[N+](=O)[O-])O2. The molecule has 0 radical (unpaired) electrons. The molecule has 122 valence electrons. The van der Waals surface area contributed by atoms with Gasteiger partial charge >= 0.3 is 5.97 Å². The first-order valence-electron chi connectivity index (χ1n) is 7.17. The Bertz CT molecular complexity index is 845. The van der Waals surface area contributed by atoms with Crippen molar-refractivity contribution in [3.05, 3.63) is 69.3 Å². The van der Waals surface area contributed by atoms with Gasteiger partial charge in [0.2, 0.25) is 0 Å². The lowest BCUT2D eigenvalue weighted by Gasteiger charge is -2.25. The Morgan fingerprint density at radius 1 is 1.29 bits per heavy atom. The highest BCUT2D eigenvalue weighted by molar-refractivity contribution is 6.02. The minimum absolute atomic E-state index is 0.0392. The van der Waals surface area contributed by atoms with Crippen molar-refractivity contribution in [3.8, 4) is 5.75 Å². The van der Waals surface area contributed by atoms with Crippen molar-refractivity contribution in [1.29, 1.82) is 0 Å². The molecule has 2 aromatic carbocycles. The van der Waals surface area contributed by atoms with Crippen LogP contribution in [0, 0.1) is 10.1 Å². The second-order valence-corrected chi connectivity index (χ2v) is 5.25. The first kappa shape index (κ1) is 15.7. The molecule has 2 aromatic rings. The van der Waals surface area contributed by atoms with Crippen LogP contribution in [-0.4, -0.2) is 23.8 Å². The van der Waals surface area contributed by atoms with E-state index in [1.54, 1.807) is 18.2 Å². The van der Waals surface area contributed by atoms with E-state index in [-0.39, 0.29) is 29.0 Å². The molecule has 0 bridgehead atoms. The van der Waals surface area contributed by atoms with Gasteiger partial charge in [0.1, 0.15) is 11.9 Å². The van der Waals surface area contributed by atoms with E-state index in [9.17, 15) is 19.7 Å². The van der Waals surface area contributed by atoms with Crippen molar-refractivity contribution in [2.45, 2.75) is 12.5 Å². The lowest BCUT2D eigenvalue weighted by Crippen LogP contribution is -2.21. The molecular weight excluding hydrogens is 314 g/mol. The number of ether oxygens (including phenoxy) is 2. The summed E-state index contributed by atoms with van der Waals surface area (Å²) in [7, 11) is 1.25. The van der Waals surface area contributed by atoms with E-state index in [1.807, 2.05) is 0 Å². The highest BCUT2D eigenvalue weighted by Gasteiger charge is 2.32. The van der Waals surface area contributed by atoms with E-state index < -0.39 is 17.0 Å². The fourth-order valence-electron chi connectivity index (χ4n) is 2.67. The highest BCUT2D eigenvalue weighted by Crippen LogP contribution is 2.38. The Balaban J connectivity index is 1.98. The molecule has 1 heterocycles. The molecule has 1 aliphatic heterocycles. The number of nitrogens with zero attached hydrogens (tertiary/aromatic N) is 1. The quantitative estimate of drug-likeness (QED) is 0.488. The summed E-state index contributed by atoms with van der Waals surface area (Å²) in [6, 6.07) is 10.6. The number of carbonyl (C=O) groups excluding carboxylic acids is 2. The summed E-state index contributed by atoms with van der Waals surface area (Å²) in [5, 5.41) is 11.2. The second-order valence-electron chi connectivity index (χ2n) is 5.25. The molecule has 0 fully saturated rings. The fourth-order valence-corrected chi connectivity index (χ4v) is 2.67. The van der Waals surface area contributed by atoms with Crippen LogP contribution in [0.4, 0.5) is 5.69 Å². The predicted molar refractivity (Wildman–Crippen MR) is 83.2 cm³/mol. The molecule has 0 amide bonds. The number of hydrogen-bond donors (Lipinski definition) is 0. The van der Waals surface area contributed by atoms with Crippen molar-refractivity contribution in [2.75, 3.05) is 7.11 Å². The van der Waals surface area contributed by atoms with E-state index in [2.05, 4.69) is 4.74 Å². The van der Waals surface area contributed by atoms with Gasteiger partial charge < -0.3 is 9.47 Å². The number of fused-ring (bicyclic) bond motifs is 1. The maximum absolute atomic E-state index is 12.4. The van der Waals surface area contributed by atoms with Gasteiger partial charge in [-0.25, -0.2) is 4.79 Å². The Kier molecular flexibility index (Phi) is 3.99. The monoisotopic (exact) mass is 327 g/mol. The molecule has 0 saturated heterocycles. The lowest BCUT2D eigenvalue weighted by atomic mass is 9.94. The number of rotatable bonds is 3. The maximum atomic E-state index is 12.4. The first-order valence-corrected chi connectivity index (χ1v) is 7.17. The number of methoxy groups -OCH3 is 1. The number of ketones is 1. The third-order valence-electron chi connectivity index (χ3n) is 3.82. The Hall–Kier alpha value is -3.22. The van der Waals surface area contributed by atoms with Gasteiger partial charge in [0.05, 0.1) is 35.1 Å². The van der Waals surface area contributed by atoms with Gasteiger partial charge in [0, 0.05) is 6.07 Å². The summed E-state index contributed by atoms with van der Waals surface area (Å²) in [5.74, 6) is -0.501. The molecule has 7 nitrogen and oxygen atoms in total. The Morgan fingerprint density at radius 3 is 2.75 bits per heavy atom. The van der Waals surface area contributed by atoms with Crippen LogP contribution in [-0.2, 0) is 4.74 Å². The van der Waals surface area contributed by atoms with Crippen molar-refractivity contribution < 1.29 is 24.0 Å². The van der Waals surface area contributed by atoms with E-state index in [1.165, 1.54) is 31.4 Å². The molecule has 0 aliphatic carbocycles. The molecule has 1 aliphatic rings. The summed E-state index contributed by atoms with van der Waals surface area (Å²) in [6.07, 6.45) is -0.779. The van der Waals surface area contributed by atoms with Crippen LogP contribution < -0.4 is 4.74 Å². The van der Waals surface area contributed by atoms with Crippen LogP contribution in [0.5, 0.6) is 5.75 Å². The van der Waals surface area contributed by atoms with Crippen molar-refractivity contribution in [3.63, 3.8) is 0 Å². The third kappa shape index (κ3) is 2.71. The van der Waals surface area contributed by atoms with Gasteiger partial charge in [-0.05, 0) is 24.3 Å². The predicted octanol–water partition coefficient (Wildman–Crippen LogP) is 3.09. The number of benzene rings is 2. The summed E-state index contributed by atoms with van der Waals surface area (Å²) in [6.45, 7) is 0. The minimum Gasteiger partial charge on any atom is -0.484 e. The maximum Gasteiger partial charge on any atom is 0.337 e. The van der Waals surface area contributed by atoms with Crippen molar-refractivity contribution in [2.24, 2.45) is 0 Å². The average Bonchev–Trinajstić information content (AvgIpc) is 2.60. The molecule has 0 N–H and O–H groups in total. The first-order chi connectivity index (χ1) is 11.5. The van der Waals surface area contributed by atoms with Gasteiger partial charge in [0.25, 0.3) is 5.69 Å². The third-order valence-corrected chi connectivity index (χ3v) is 3.82. The van der Waals surface area contributed by atoms with Crippen LogP contribution in [0.1, 0.15) is 38.8 Å². The lowest BCUT2D eigenvalue weighted by molar-refractivity contribution is -0.386. The summed E-state index contributed by atoms with van der Waals surface area (Å²) in [5.41, 5.74) is 0.772. The molecule has 0 spiro atoms. The number of para-hydroxylation sites is 1. The van der Waals surface area contributed by atoms with Crippen LogP contribution in [0.3, 0.4) is 0 Å². The van der Waals surface area contributed by atoms with E-state index in [4.69, 9.17) is 4.74 Å². The van der Waals surface area contributed by atoms with E-state index in [0.29, 0.717) is 11.3 Å². The summed E-state index contributed by atoms with van der Waals surface area (Å²) >= 11 is 0. The summed E-state index contributed by atoms with van der Waals surface area (Å²) in [4.78, 5) is 34.6. The molecule has 0 aromatic heterocycles. The molecule has 24 heavy (non-hydrogen) atoms. The molecule has 7 heteroatoms. The number of Topliss-reactive ketones (excluding diaryl/α,β-unsaturated/α-hetero) is 1. The molecule has 3 rings (SSSR count).